The minimum atomic E-state index is -3.61. The highest BCUT2D eigenvalue weighted by molar-refractivity contribution is 8.55. The lowest BCUT2D eigenvalue weighted by Gasteiger charge is -2.36. The fourth-order valence-corrected chi connectivity index (χ4v) is 9.28. The Hall–Kier alpha value is -2.42. The van der Waals surface area contributed by atoms with Crippen LogP contribution in [0.1, 0.15) is 60.5 Å². The van der Waals surface area contributed by atoms with E-state index in [1.54, 1.807) is 6.92 Å². The first kappa shape index (κ1) is 25.2. The largest absolute Gasteiger partial charge is 0.390 e. The molecule has 36 heavy (non-hydrogen) atoms. The summed E-state index contributed by atoms with van der Waals surface area (Å²) < 4.78 is 34.1. The number of aromatic nitrogens is 2. The summed E-state index contributed by atoms with van der Waals surface area (Å²) in [6.07, 6.45) is 1.13. The van der Waals surface area contributed by atoms with Crippen molar-refractivity contribution in [3.05, 3.63) is 104 Å². The molecule has 0 unspecified atom stereocenters. The molecule has 2 saturated heterocycles. The molecular formula is C26H29N2O6PS. The number of rotatable bonds is 6. The zero-order valence-electron chi connectivity index (χ0n) is 20.1. The Morgan fingerprint density at radius 3 is 2.39 bits per heavy atom. The predicted molar refractivity (Wildman–Crippen MR) is 139 cm³/mol. The van der Waals surface area contributed by atoms with Crippen molar-refractivity contribution in [2.45, 2.75) is 62.9 Å². The SMILES string of the molecule is CC[C@H]1O[C@@H](n2cc(C)c(=O)[nH]c2=O)C[C@@H]1O[P@@]1(=O)O[C@H](c2ccccc2)C[C@H](c2ccccc2)S1. The van der Waals surface area contributed by atoms with E-state index in [9.17, 15) is 14.2 Å². The first-order valence-corrected chi connectivity index (χ1v) is 15.1. The number of hydrogen-bond donors (Lipinski definition) is 1. The summed E-state index contributed by atoms with van der Waals surface area (Å²) in [5, 5.41) is -0.0707. The van der Waals surface area contributed by atoms with Crippen LogP contribution in [0.3, 0.4) is 0 Å². The van der Waals surface area contributed by atoms with Gasteiger partial charge in [-0.25, -0.2) is 9.36 Å². The first-order valence-electron chi connectivity index (χ1n) is 12.1. The number of benzene rings is 2. The number of nitrogens with one attached hydrogen (secondary N) is 1. The summed E-state index contributed by atoms with van der Waals surface area (Å²) in [5.74, 6) is 0. The molecule has 1 N–H and O–H groups in total. The zero-order chi connectivity index (χ0) is 25.3. The van der Waals surface area contributed by atoms with E-state index >= 15 is 0 Å². The number of H-pyrrole nitrogens is 1. The third kappa shape index (κ3) is 5.31. The third-order valence-electron chi connectivity index (χ3n) is 6.59. The van der Waals surface area contributed by atoms with Gasteiger partial charge in [-0.3, -0.25) is 23.4 Å². The van der Waals surface area contributed by atoms with Crippen LogP contribution < -0.4 is 11.2 Å². The van der Waals surface area contributed by atoms with Crippen LogP contribution in [-0.2, 0) is 18.3 Å². The zero-order valence-corrected chi connectivity index (χ0v) is 21.8. The van der Waals surface area contributed by atoms with Crippen molar-refractivity contribution in [1.82, 2.24) is 9.55 Å². The van der Waals surface area contributed by atoms with Gasteiger partial charge in [-0.15, -0.1) is 0 Å². The van der Waals surface area contributed by atoms with Gasteiger partial charge >= 0.3 is 12.5 Å². The number of aromatic amines is 1. The van der Waals surface area contributed by atoms with Crippen LogP contribution in [0.25, 0.3) is 0 Å². The molecule has 5 rings (SSSR count). The highest BCUT2D eigenvalue weighted by Crippen LogP contribution is 2.73. The number of aryl methyl sites for hydroxylation is 1. The molecule has 10 heteroatoms. The Balaban J connectivity index is 1.41. The van der Waals surface area contributed by atoms with Crippen molar-refractivity contribution in [2.24, 2.45) is 0 Å². The predicted octanol–water partition coefficient (Wildman–Crippen LogP) is 5.67. The smallest absolute Gasteiger partial charge is 0.352 e. The van der Waals surface area contributed by atoms with Crippen LogP contribution in [0.5, 0.6) is 0 Å². The second kappa shape index (κ2) is 10.5. The number of hydrogen-bond acceptors (Lipinski definition) is 7. The molecular weight excluding hydrogens is 499 g/mol. The molecule has 3 aromatic rings. The Bertz CT molecular complexity index is 1310. The highest BCUT2D eigenvalue weighted by Gasteiger charge is 2.46. The van der Waals surface area contributed by atoms with Crippen molar-refractivity contribution in [3.63, 3.8) is 0 Å². The van der Waals surface area contributed by atoms with Crippen molar-refractivity contribution < 1.29 is 18.3 Å². The van der Waals surface area contributed by atoms with Gasteiger partial charge in [0, 0.05) is 23.4 Å². The summed E-state index contributed by atoms with van der Waals surface area (Å²) in [7, 11) is 0. The van der Waals surface area contributed by atoms with Crippen molar-refractivity contribution in [1.29, 1.82) is 0 Å². The maximum atomic E-state index is 14.2. The molecule has 1 aromatic heterocycles. The molecule has 0 amide bonds. The maximum absolute atomic E-state index is 14.2. The molecule has 2 aromatic carbocycles. The van der Waals surface area contributed by atoms with Gasteiger partial charge in [0.15, 0.2) is 0 Å². The average molecular weight is 529 g/mol. The molecule has 0 bridgehead atoms. The van der Waals surface area contributed by atoms with Gasteiger partial charge in [0.05, 0.1) is 18.3 Å². The third-order valence-corrected chi connectivity index (χ3v) is 10.7. The lowest BCUT2D eigenvalue weighted by molar-refractivity contribution is -0.0204. The van der Waals surface area contributed by atoms with E-state index in [4.69, 9.17) is 13.8 Å². The average Bonchev–Trinajstić information content (AvgIpc) is 3.28. The molecule has 3 heterocycles. The quantitative estimate of drug-likeness (QED) is 0.412. The summed E-state index contributed by atoms with van der Waals surface area (Å²) in [6.45, 7) is -0.0271. The van der Waals surface area contributed by atoms with Gasteiger partial charge in [0.1, 0.15) is 6.23 Å². The monoisotopic (exact) mass is 528 g/mol. The Labute approximate surface area is 213 Å². The standard InChI is InChI=1S/C26H29N2O6PS/c1-3-20-22(15-24(32-20)28-16-17(2)25(29)27-26(28)30)34-35(31)33-21(18-10-6-4-7-11-18)14-23(36-35)19-12-8-5-9-13-19/h4-13,16,20-24H,3,14-15H2,1-2H3,(H,27,29,30)/t20-,21+,22+,23-,24-,35-/m1/s1. The van der Waals surface area contributed by atoms with E-state index in [-0.39, 0.29) is 17.5 Å². The Morgan fingerprint density at radius 2 is 1.72 bits per heavy atom. The second-order valence-corrected chi connectivity index (χ2v) is 13.2. The van der Waals surface area contributed by atoms with E-state index in [2.05, 4.69) is 4.98 Å². The molecule has 0 spiro atoms. The molecule has 2 aliphatic heterocycles. The molecule has 0 aliphatic carbocycles. The molecule has 8 nitrogen and oxygen atoms in total. The van der Waals surface area contributed by atoms with E-state index in [0.29, 0.717) is 24.8 Å². The van der Waals surface area contributed by atoms with Gasteiger partial charge in [-0.05, 0) is 42.3 Å². The second-order valence-electron chi connectivity index (χ2n) is 9.09. The molecule has 2 fully saturated rings. The van der Waals surface area contributed by atoms with Crippen molar-refractivity contribution in [3.8, 4) is 0 Å². The summed E-state index contributed by atoms with van der Waals surface area (Å²) >= 11 is 1.23. The maximum Gasteiger partial charge on any atom is 0.390 e. The lowest BCUT2D eigenvalue weighted by Crippen LogP contribution is -2.33. The minimum Gasteiger partial charge on any atom is -0.352 e. The first-order chi connectivity index (χ1) is 17.3. The fraction of sp³-hybridized carbons (Fsp3) is 0.385. The molecule has 0 saturated carbocycles. The van der Waals surface area contributed by atoms with Gasteiger partial charge < -0.3 is 4.74 Å². The fourth-order valence-electron chi connectivity index (χ4n) is 4.71. The molecule has 190 valence electrons. The van der Waals surface area contributed by atoms with E-state index in [0.717, 1.165) is 11.1 Å². The van der Waals surface area contributed by atoms with Gasteiger partial charge in [-0.2, -0.15) is 0 Å². The molecule has 0 radical (unpaired) electrons. The lowest BCUT2D eigenvalue weighted by atomic mass is 10.0. The van der Waals surface area contributed by atoms with Crippen LogP contribution in [0.4, 0.5) is 0 Å². The van der Waals surface area contributed by atoms with E-state index in [1.165, 1.54) is 22.1 Å². The van der Waals surface area contributed by atoms with Crippen LogP contribution in [-0.4, -0.2) is 21.8 Å². The number of nitrogens with zero attached hydrogens (tertiary/aromatic N) is 1. The van der Waals surface area contributed by atoms with Gasteiger partial charge in [-0.1, -0.05) is 67.6 Å². The van der Waals surface area contributed by atoms with Gasteiger partial charge in [0.25, 0.3) is 5.56 Å². The topological polar surface area (TPSA) is 99.6 Å². The minimum absolute atomic E-state index is 0.0707. The summed E-state index contributed by atoms with van der Waals surface area (Å²) in [6, 6.07) is 19.7. The van der Waals surface area contributed by atoms with Crippen LogP contribution in [0.15, 0.2) is 76.4 Å². The van der Waals surface area contributed by atoms with Crippen molar-refractivity contribution in [2.75, 3.05) is 0 Å². The van der Waals surface area contributed by atoms with Crippen LogP contribution >= 0.6 is 18.2 Å². The van der Waals surface area contributed by atoms with Crippen LogP contribution in [0, 0.1) is 6.92 Å². The molecule has 2 aliphatic rings. The Kier molecular flexibility index (Phi) is 7.37. The summed E-state index contributed by atoms with van der Waals surface area (Å²) in [4.78, 5) is 26.6. The highest BCUT2D eigenvalue weighted by atomic mass is 32.7. The summed E-state index contributed by atoms with van der Waals surface area (Å²) in [5.41, 5.74) is 1.45. The molecule has 6 atom stereocenters. The van der Waals surface area contributed by atoms with E-state index in [1.807, 2.05) is 67.6 Å². The van der Waals surface area contributed by atoms with Gasteiger partial charge in [0.2, 0.25) is 0 Å². The Morgan fingerprint density at radius 1 is 1.06 bits per heavy atom. The van der Waals surface area contributed by atoms with E-state index < -0.39 is 30.4 Å². The normalized spacial score (nSPS) is 30.3. The van der Waals surface area contributed by atoms with Crippen LogP contribution in [0.2, 0.25) is 0 Å². The van der Waals surface area contributed by atoms with Crippen molar-refractivity contribution >= 4 is 18.2 Å². The number of ether oxygens (including phenoxy) is 1.